The summed E-state index contributed by atoms with van der Waals surface area (Å²) in [6.45, 7) is 1.66. The number of nitrogens with zero attached hydrogens (tertiary/aromatic N) is 2. The van der Waals surface area contributed by atoms with Gasteiger partial charge in [0.2, 0.25) is 0 Å². The van der Waals surface area contributed by atoms with Crippen molar-refractivity contribution in [3.05, 3.63) is 33.5 Å². The van der Waals surface area contributed by atoms with Crippen LogP contribution in [0.2, 0.25) is 5.02 Å². The van der Waals surface area contributed by atoms with Crippen LogP contribution in [0, 0.1) is 6.92 Å². The Morgan fingerprint density at radius 1 is 1.44 bits per heavy atom. The molecule has 2 N–H and O–H groups in total. The van der Waals surface area contributed by atoms with Crippen molar-refractivity contribution in [2.75, 3.05) is 4.72 Å². The molecule has 0 spiro atoms. The van der Waals surface area contributed by atoms with Gasteiger partial charge < -0.3 is 0 Å². The van der Waals surface area contributed by atoms with E-state index in [-0.39, 0.29) is 15.9 Å². The lowest BCUT2D eigenvalue weighted by Gasteiger charge is -2.06. The van der Waals surface area contributed by atoms with Crippen LogP contribution in [-0.2, 0) is 10.0 Å². The molecular formula is C9H8BrClN4O2S. The number of aromatic nitrogens is 3. The average molecular weight is 352 g/mol. The van der Waals surface area contributed by atoms with Crippen LogP contribution in [-0.4, -0.2) is 23.6 Å². The topological polar surface area (TPSA) is 87.7 Å². The predicted molar refractivity (Wildman–Crippen MR) is 71.1 cm³/mol. The molecule has 0 aliphatic rings. The van der Waals surface area contributed by atoms with Gasteiger partial charge in [-0.25, -0.2) is 13.1 Å². The fraction of sp³-hybridized carbons (Fsp3) is 0.111. The van der Waals surface area contributed by atoms with Crippen LogP contribution in [0.15, 0.2) is 27.6 Å². The van der Waals surface area contributed by atoms with Crippen molar-refractivity contribution in [2.45, 2.75) is 11.8 Å². The quantitative estimate of drug-likeness (QED) is 0.888. The highest BCUT2D eigenvalue weighted by Crippen LogP contribution is 2.26. The SMILES string of the molecule is Cc1nc(NS(=O)(=O)c2ccc(Br)cc2Cl)n[nH]1. The minimum absolute atomic E-state index is 0.0218. The zero-order chi connectivity index (χ0) is 13.3. The molecule has 9 heteroatoms. The van der Waals surface area contributed by atoms with Crippen LogP contribution in [0.4, 0.5) is 5.95 Å². The van der Waals surface area contributed by atoms with Crippen LogP contribution < -0.4 is 4.72 Å². The van der Waals surface area contributed by atoms with E-state index in [0.29, 0.717) is 10.3 Å². The van der Waals surface area contributed by atoms with Crippen molar-refractivity contribution in [1.29, 1.82) is 0 Å². The first-order valence-electron chi connectivity index (χ1n) is 4.75. The molecule has 0 radical (unpaired) electrons. The normalized spacial score (nSPS) is 11.5. The van der Waals surface area contributed by atoms with Crippen molar-refractivity contribution >= 4 is 43.5 Å². The standard InChI is InChI=1S/C9H8BrClN4O2S/c1-5-12-9(14-13-5)15-18(16,17)8-3-2-6(10)4-7(8)11/h2-4H,1H3,(H2,12,13,14,15). The predicted octanol–water partition coefficient (Wildman–Crippen LogP) is 2.33. The lowest BCUT2D eigenvalue weighted by atomic mass is 10.4. The first-order chi connectivity index (χ1) is 8.38. The molecule has 1 aromatic heterocycles. The molecule has 96 valence electrons. The van der Waals surface area contributed by atoms with E-state index < -0.39 is 10.0 Å². The van der Waals surface area contributed by atoms with Gasteiger partial charge in [-0.1, -0.05) is 27.5 Å². The number of H-pyrrole nitrogens is 1. The Morgan fingerprint density at radius 2 is 2.17 bits per heavy atom. The van der Waals surface area contributed by atoms with Gasteiger partial charge in [0.1, 0.15) is 10.7 Å². The van der Waals surface area contributed by atoms with E-state index in [1.807, 2.05) is 0 Å². The molecule has 0 atom stereocenters. The maximum atomic E-state index is 12.0. The summed E-state index contributed by atoms with van der Waals surface area (Å²) in [6, 6.07) is 4.48. The summed E-state index contributed by atoms with van der Waals surface area (Å²) < 4.78 is 27.0. The van der Waals surface area contributed by atoms with Crippen LogP contribution in [0.25, 0.3) is 0 Å². The first kappa shape index (κ1) is 13.3. The highest BCUT2D eigenvalue weighted by Gasteiger charge is 2.19. The number of sulfonamides is 1. The van der Waals surface area contributed by atoms with E-state index in [1.54, 1.807) is 13.0 Å². The second-order valence-corrected chi connectivity index (χ2v) is 6.40. The van der Waals surface area contributed by atoms with E-state index >= 15 is 0 Å². The Hall–Kier alpha value is -1.12. The molecular weight excluding hydrogens is 344 g/mol. The Bertz CT molecular complexity index is 686. The lowest BCUT2D eigenvalue weighted by molar-refractivity contribution is 0.601. The number of hydrogen-bond acceptors (Lipinski definition) is 4. The fourth-order valence-electron chi connectivity index (χ4n) is 1.26. The van der Waals surface area contributed by atoms with Gasteiger partial charge in [0.15, 0.2) is 0 Å². The van der Waals surface area contributed by atoms with Gasteiger partial charge in [0, 0.05) is 4.47 Å². The Morgan fingerprint density at radius 3 is 2.72 bits per heavy atom. The molecule has 2 aromatic rings. The number of nitrogens with one attached hydrogen (secondary N) is 2. The summed E-state index contributed by atoms with van der Waals surface area (Å²) in [5, 5.41) is 6.35. The van der Waals surface area contributed by atoms with Gasteiger partial charge in [0.05, 0.1) is 5.02 Å². The van der Waals surface area contributed by atoms with Crippen molar-refractivity contribution in [2.24, 2.45) is 0 Å². The average Bonchev–Trinajstić information content (AvgIpc) is 2.62. The van der Waals surface area contributed by atoms with Crippen LogP contribution in [0.3, 0.4) is 0 Å². The van der Waals surface area contributed by atoms with E-state index in [1.165, 1.54) is 12.1 Å². The van der Waals surface area contributed by atoms with E-state index in [4.69, 9.17) is 11.6 Å². The molecule has 0 amide bonds. The zero-order valence-corrected chi connectivity index (χ0v) is 12.3. The summed E-state index contributed by atoms with van der Waals surface area (Å²) in [6.07, 6.45) is 0. The molecule has 0 fully saturated rings. The van der Waals surface area contributed by atoms with Gasteiger partial charge in [0.25, 0.3) is 16.0 Å². The third kappa shape index (κ3) is 2.82. The number of rotatable bonds is 3. The third-order valence-corrected chi connectivity index (χ3v) is 4.31. The summed E-state index contributed by atoms with van der Waals surface area (Å²) in [5.41, 5.74) is 0. The number of aromatic amines is 1. The van der Waals surface area contributed by atoms with Crippen molar-refractivity contribution in [3.8, 4) is 0 Å². The highest BCUT2D eigenvalue weighted by molar-refractivity contribution is 9.10. The van der Waals surface area contributed by atoms with Gasteiger partial charge >= 0.3 is 0 Å². The molecule has 18 heavy (non-hydrogen) atoms. The minimum atomic E-state index is -3.80. The molecule has 1 aromatic carbocycles. The number of anilines is 1. The number of hydrogen-bond donors (Lipinski definition) is 2. The number of benzene rings is 1. The highest BCUT2D eigenvalue weighted by atomic mass is 79.9. The molecule has 0 unspecified atom stereocenters. The summed E-state index contributed by atoms with van der Waals surface area (Å²) in [4.78, 5) is 3.83. The largest absolute Gasteiger partial charge is 0.265 e. The Labute approximate surface area is 117 Å². The van der Waals surface area contributed by atoms with Gasteiger partial charge in [-0.15, -0.1) is 5.10 Å². The molecule has 0 saturated heterocycles. The Kier molecular flexibility index (Phi) is 3.60. The van der Waals surface area contributed by atoms with Gasteiger partial charge in [-0.3, -0.25) is 5.10 Å². The number of halogens is 2. The molecule has 0 saturated carbocycles. The minimum Gasteiger partial charge on any atom is -0.261 e. The van der Waals surface area contributed by atoms with Crippen molar-refractivity contribution in [3.63, 3.8) is 0 Å². The van der Waals surface area contributed by atoms with E-state index in [2.05, 4.69) is 35.8 Å². The maximum Gasteiger partial charge on any atom is 0.265 e. The molecule has 0 aliphatic heterocycles. The molecule has 0 aliphatic carbocycles. The molecule has 2 rings (SSSR count). The van der Waals surface area contributed by atoms with Crippen molar-refractivity contribution in [1.82, 2.24) is 15.2 Å². The summed E-state index contributed by atoms with van der Waals surface area (Å²) in [7, 11) is -3.80. The van der Waals surface area contributed by atoms with Crippen LogP contribution >= 0.6 is 27.5 Å². The van der Waals surface area contributed by atoms with E-state index in [0.717, 1.165) is 0 Å². The second kappa shape index (κ2) is 4.87. The smallest absolute Gasteiger partial charge is 0.261 e. The van der Waals surface area contributed by atoms with E-state index in [9.17, 15) is 8.42 Å². The van der Waals surface area contributed by atoms with Crippen LogP contribution in [0.5, 0.6) is 0 Å². The van der Waals surface area contributed by atoms with Crippen molar-refractivity contribution < 1.29 is 8.42 Å². The van der Waals surface area contributed by atoms with Gasteiger partial charge in [-0.05, 0) is 25.1 Å². The lowest BCUT2D eigenvalue weighted by Crippen LogP contribution is -2.14. The summed E-state index contributed by atoms with van der Waals surface area (Å²) in [5.74, 6) is 0.487. The third-order valence-electron chi connectivity index (χ3n) is 2.01. The zero-order valence-electron chi connectivity index (χ0n) is 9.11. The molecule has 6 nitrogen and oxygen atoms in total. The van der Waals surface area contributed by atoms with Crippen LogP contribution in [0.1, 0.15) is 5.82 Å². The number of aryl methyl sites for hydroxylation is 1. The molecule has 0 bridgehead atoms. The first-order valence-corrected chi connectivity index (χ1v) is 7.41. The second-order valence-electron chi connectivity index (χ2n) is 3.42. The fourth-order valence-corrected chi connectivity index (χ4v) is 3.24. The Balaban J connectivity index is 2.36. The van der Waals surface area contributed by atoms with Gasteiger partial charge in [-0.2, -0.15) is 4.98 Å². The monoisotopic (exact) mass is 350 g/mol. The summed E-state index contributed by atoms with van der Waals surface area (Å²) >= 11 is 9.09. The maximum absolute atomic E-state index is 12.0. The molecule has 1 heterocycles.